The summed E-state index contributed by atoms with van der Waals surface area (Å²) in [4.78, 5) is 17.6. The van der Waals surface area contributed by atoms with Gasteiger partial charge in [-0.25, -0.2) is 4.98 Å². The van der Waals surface area contributed by atoms with Crippen molar-refractivity contribution < 1.29 is 4.79 Å². The van der Waals surface area contributed by atoms with Crippen molar-refractivity contribution >= 4 is 34.1 Å². The quantitative estimate of drug-likeness (QED) is 0.242. The molecule has 0 aliphatic rings. The molecule has 0 saturated carbocycles. The van der Waals surface area contributed by atoms with Gasteiger partial charge in [0.15, 0.2) is 0 Å². The molecule has 1 N–H and O–H groups in total. The van der Waals surface area contributed by atoms with Gasteiger partial charge in [-0.15, -0.1) is 11.8 Å². The number of hydrogen-bond donors (Lipinski definition) is 1. The summed E-state index contributed by atoms with van der Waals surface area (Å²) in [6, 6.07) is 38.0. The summed E-state index contributed by atoms with van der Waals surface area (Å²) in [5, 5.41) is 15.8. The van der Waals surface area contributed by atoms with Crippen LogP contribution in [-0.2, 0) is 4.79 Å². The first-order valence-electron chi connectivity index (χ1n) is 11.7. The Labute approximate surface area is 214 Å². The standard InChI is InChI=1S/C31H23N3OS/c32-21-27-26(23-10-3-1-4-11-23)20-29(24-13-5-2-6-14-24)34-31(27)36-19-18-30(35)33-28-17-9-15-22-12-7-8-16-25(22)28/h1-17,20H,18-19H2,(H,33,35). The zero-order chi connectivity index (χ0) is 24.7. The first-order valence-corrected chi connectivity index (χ1v) is 12.7. The molecule has 1 heterocycles. The highest BCUT2D eigenvalue weighted by Crippen LogP contribution is 2.34. The van der Waals surface area contributed by atoms with Gasteiger partial charge in [-0.1, -0.05) is 97.1 Å². The number of nitriles is 1. The molecule has 0 aliphatic heterocycles. The Morgan fingerprint density at radius 2 is 1.50 bits per heavy atom. The Balaban J connectivity index is 1.38. The van der Waals surface area contributed by atoms with Crippen LogP contribution >= 0.6 is 11.8 Å². The van der Waals surface area contributed by atoms with Crippen molar-refractivity contribution in [3.05, 3.63) is 115 Å². The van der Waals surface area contributed by atoms with Crippen LogP contribution in [0.15, 0.2) is 114 Å². The molecule has 5 rings (SSSR count). The smallest absolute Gasteiger partial charge is 0.225 e. The molecule has 0 unspecified atom stereocenters. The molecule has 1 aromatic heterocycles. The average Bonchev–Trinajstić information content (AvgIpc) is 2.94. The van der Waals surface area contributed by atoms with E-state index in [2.05, 4.69) is 11.4 Å². The Bertz CT molecular complexity index is 1550. The summed E-state index contributed by atoms with van der Waals surface area (Å²) >= 11 is 1.44. The number of benzene rings is 4. The largest absolute Gasteiger partial charge is 0.325 e. The fourth-order valence-corrected chi connectivity index (χ4v) is 5.07. The highest BCUT2D eigenvalue weighted by Gasteiger charge is 2.16. The number of fused-ring (bicyclic) bond motifs is 1. The molecule has 0 saturated heterocycles. The van der Waals surface area contributed by atoms with E-state index in [-0.39, 0.29) is 5.91 Å². The lowest BCUT2D eigenvalue weighted by Crippen LogP contribution is -2.12. The number of nitrogens with one attached hydrogen (secondary N) is 1. The van der Waals surface area contributed by atoms with E-state index in [1.807, 2.05) is 109 Å². The molecule has 0 aliphatic carbocycles. The Kier molecular flexibility index (Phi) is 7.07. The van der Waals surface area contributed by atoms with E-state index < -0.39 is 0 Å². The number of anilines is 1. The number of nitrogens with zero attached hydrogens (tertiary/aromatic N) is 2. The summed E-state index contributed by atoms with van der Waals surface area (Å²) in [5.41, 5.74) is 4.92. The van der Waals surface area contributed by atoms with Gasteiger partial charge in [-0.2, -0.15) is 5.26 Å². The van der Waals surface area contributed by atoms with Crippen LogP contribution in [0.2, 0.25) is 0 Å². The normalized spacial score (nSPS) is 10.6. The zero-order valence-corrected chi connectivity index (χ0v) is 20.3. The van der Waals surface area contributed by atoms with E-state index in [1.54, 1.807) is 0 Å². The Morgan fingerprint density at radius 3 is 2.25 bits per heavy atom. The molecule has 0 atom stereocenters. The van der Waals surface area contributed by atoms with Crippen LogP contribution in [0.4, 0.5) is 5.69 Å². The van der Waals surface area contributed by atoms with E-state index in [0.717, 1.165) is 38.8 Å². The molecule has 36 heavy (non-hydrogen) atoms. The lowest BCUT2D eigenvalue weighted by atomic mass is 9.99. The molecule has 0 bridgehead atoms. The molecular formula is C31H23N3OS. The predicted octanol–water partition coefficient (Wildman–Crippen LogP) is 7.56. The van der Waals surface area contributed by atoms with Gasteiger partial charge in [0.2, 0.25) is 5.91 Å². The van der Waals surface area contributed by atoms with Gasteiger partial charge < -0.3 is 5.32 Å². The maximum Gasteiger partial charge on any atom is 0.225 e. The third-order valence-corrected chi connectivity index (χ3v) is 6.86. The van der Waals surface area contributed by atoms with Crippen molar-refractivity contribution in [2.45, 2.75) is 11.4 Å². The number of aromatic nitrogens is 1. The Morgan fingerprint density at radius 1 is 0.833 bits per heavy atom. The second-order valence-electron chi connectivity index (χ2n) is 8.25. The van der Waals surface area contributed by atoms with Crippen LogP contribution in [0, 0.1) is 11.3 Å². The third-order valence-electron chi connectivity index (χ3n) is 5.88. The van der Waals surface area contributed by atoms with Crippen LogP contribution < -0.4 is 5.32 Å². The van der Waals surface area contributed by atoms with Crippen LogP contribution in [-0.4, -0.2) is 16.6 Å². The molecule has 4 nitrogen and oxygen atoms in total. The van der Waals surface area contributed by atoms with Crippen molar-refractivity contribution in [3.8, 4) is 28.5 Å². The molecular weight excluding hydrogens is 462 g/mol. The summed E-state index contributed by atoms with van der Waals surface area (Å²) < 4.78 is 0. The van der Waals surface area contributed by atoms with Crippen molar-refractivity contribution in [3.63, 3.8) is 0 Å². The number of carbonyl (C=O) groups excluding carboxylic acids is 1. The third kappa shape index (κ3) is 5.14. The van der Waals surface area contributed by atoms with Gasteiger partial charge in [-0.05, 0) is 23.1 Å². The van der Waals surface area contributed by atoms with E-state index in [0.29, 0.717) is 22.8 Å². The van der Waals surface area contributed by atoms with Crippen LogP contribution in [0.1, 0.15) is 12.0 Å². The van der Waals surface area contributed by atoms with E-state index in [1.165, 1.54) is 11.8 Å². The van der Waals surface area contributed by atoms with Gasteiger partial charge in [0.25, 0.3) is 0 Å². The summed E-state index contributed by atoms with van der Waals surface area (Å²) in [5.74, 6) is 0.435. The van der Waals surface area contributed by atoms with Crippen LogP contribution in [0.3, 0.4) is 0 Å². The molecule has 174 valence electrons. The van der Waals surface area contributed by atoms with Crippen molar-refractivity contribution in [1.29, 1.82) is 5.26 Å². The average molecular weight is 486 g/mol. The molecule has 0 radical (unpaired) electrons. The number of pyridine rings is 1. The van der Waals surface area contributed by atoms with Crippen molar-refractivity contribution in [2.75, 3.05) is 11.1 Å². The number of thioether (sulfide) groups is 1. The lowest BCUT2D eigenvalue weighted by Gasteiger charge is -2.13. The lowest BCUT2D eigenvalue weighted by molar-refractivity contribution is -0.115. The minimum Gasteiger partial charge on any atom is -0.325 e. The van der Waals surface area contributed by atoms with E-state index in [4.69, 9.17) is 4.98 Å². The predicted molar refractivity (Wildman–Crippen MR) is 148 cm³/mol. The number of amides is 1. The molecule has 5 aromatic rings. The van der Waals surface area contributed by atoms with Crippen LogP contribution in [0.5, 0.6) is 0 Å². The first-order chi connectivity index (χ1) is 17.7. The van der Waals surface area contributed by atoms with Gasteiger partial charge in [0, 0.05) is 34.4 Å². The fraction of sp³-hybridized carbons (Fsp3) is 0.0645. The summed E-state index contributed by atoms with van der Waals surface area (Å²) in [6.45, 7) is 0. The molecule has 0 fully saturated rings. The fourth-order valence-electron chi connectivity index (χ4n) is 4.12. The molecule has 4 aromatic carbocycles. The SMILES string of the molecule is N#Cc1c(-c2ccccc2)cc(-c2ccccc2)nc1SCCC(=O)Nc1cccc2ccccc12. The monoisotopic (exact) mass is 485 g/mol. The van der Waals surface area contributed by atoms with Gasteiger partial charge in [0.05, 0.1) is 11.3 Å². The number of carbonyl (C=O) groups is 1. The highest BCUT2D eigenvalue weighted by molar-refractivity contribution is 7.99. The minimum atomic E-state index is -0.0696. The first kappa shape index (κ1) is 23.3. The second-order valence-corrected chi connectivity index (χ2v) is 9.34. The van der Waals surface area contributed by atoms with Crippen molar-refractivity contribution in [1.82, 2.24) is 4.98 Å². The van der Waals surface area contributed by atoms with Gasteiger partial charge in [-0.3, -0.25) is 4.79 Å². The van der Waals surface area contributed by atoms with Gasteiger partial charge >= 0.3 is 0 Å². The Hall–Kier alpha value is -4.40. The summed E-state index contributed by atoms with van der Waals surface area (Å²) in [6.07, 6.45) is 0.302. The molecule has 1 amide bonds. The van der Waals surface area contributed by atoms with E-state index >= 15 is 0 Å². The maximum atomic E-state index is 12.8. The zero-order valence-electron chi connectivity index (χ0n) is 19.5. The second kappa shape index (κ2) is 10.9. The highest BCUT2D eigenvalue weighted by atomic mass is 32.2. The maximum absolute atomic E-state index is 12.8. The summed E-state index contributed by atoms with van der Waals surface area (Å²) in [7, 11) is 0. The van der Waals surface area contributed by atoms with Crippen LogP contribution in [0.25, 0.3) is 33.2 Å². The van der Waals surface area contributed by atoms with Gasteiger partial charge in [0.1, 0.15) is 11.1 Å². The van der Waals surface area contributed by atoms with Crippen molar-refractivity contribution in [2.24, 2.45) is 0 Å². The van der Waals surface area contributed by atoms with E-state index in [9.17, 15) is 10.1 Å². The molecule has 5 heteroatoms. The number of hydrogen-bond acceptors (Lipinski definition) is 4. The topological polar surface area (TPSA) is 65.8 Å². The minimum absolute atomic E-state index is 0.0696. The number of rotatable bonds is 7. The molecule has 0 spiro atoms.